The highest BCUT2D eigenvalue weighted by Gasteiger charge is 2.39. The molecule has 0 aliphatic carbocycles. The second-order valence-electron chi connectivity index (χ2n) is 7.34. The van der Waals surface area contributed by atoms with Crippen molar-refractivity contribution in [1.82, 2.24) is 9.88 Å². The van der Waals surface area contributed by atoms with Crippen LogP contribution >= 0.6 is 22.9 Å². The van der Waals surface area contributed by atoms with Crippen molar-refractivity contribution in [2.24, 2.45) is 11.1 Å². The zero-order valence-electron chi connectivity index (χ0n) is 15.8. The maximum Gasteiger partial charge on any atom is 0.228 e. The van der Waals surface area contributed by atoms with Gasteiger partial charge in [-0.3, -0.25) is 9.59 Å². The zero-order chi connectivity index (χ0) is 20.1. The molecule has 0 unspecified atom stereocenters. The Bertz CT molecular complexity index is 857. The first-order chi connectivity index (χ1) is 13.3. The van der Waals surface area contributed by atoms with E-state index in [9.17, 15) is 9.59 Å². The van der Waals surface area contributed by atoms with Crippen molar-refractivity contribution >= 4 is 34.8 Å². The first-order valence-electron chi connectivity index (χ1n) is 9.21. The summed E-state index contributed by atoms with van der Waals surface area (Å²) in [6.45, 7) is 3.33. The molecule has 2 N–H and O–H groups in total. The molecule has 3 rings (SSSR count). The minimum Gasteiger partial charge on any atom is -0.493 e. The van der Waals surface area contributed by atoms with Crippen molar-refractivity contribution < 1.29 is 14.3 Å². The van der Waals surface area contributed by atoms with Crippen molar-refractivity contribution in [2.75, 3.05) is 19.7 Å². The summed E-state index contributed by atoms with van der Waals surface area (Å²) >= 11 is 7.55. The first kappa shape index (κ1) is 20.6. The molecule has 6 nitrogen and oxygen atoms in total. The molecule has 1 atom stereocenters. The topological polar surface area (TPSA) is 85.5 Å². The number of primary amides is 1. The fourth-order valence-electron chi connectivity index (χ4n) is 3.65. The number of nitrogens with two attached hydrogens (primary N) is 1. The van der Waals surface area contributed by atoms with Crippen molar-refractivity contribution in [3.8, 4) is 5.75 Å². The Balaban J connectivity index is 1.70. The third-order valence-electron chi connectivity index (χ3n) is 4.90. The van der Waals surface area contributed by atoms with Gasteiger partial charge in [-0.1, -0.05) is 17.7 Å². The van der Waals surface area contributed by atoms with E-state index in [-0.39, 0.29) is 24.7 Å². The molecule has 1 saturated heterocycles. The molecule has 0 radical (unpaired) electrons. The first-order valence-corrected chi connectivity index (χ1v) is 10.5. The molecule has 8 heteroatoms. The molecule has 150 valence electrons. The number of hydrogen-bond acceptors (Lipinski definition) is 5. The van der Waals surface area contributed by atoms with E-state index in [1.54, 1.807) is 12.1 Å². The summed E-state index contributed by atoms with van der Waals surface area (Å²) in [6, 6.07) is 7.13. The van der Waals surface area contributed by atoms with E-state index in [1.165, 1.54) is 11.3 Å². The molecular formula is C20H24ClN3O3S. The third-order valence-corrected chi connectivity index (χ3v) is 5.96. The summed E-state index contributed by atoms with van der Waals surface area (Å²) in [4.78, 5) is 30.7. The minimum atomic E-state index is -0.500. The van der Waals surface area contributed by atoms with Crippen LogP contribution in [0.2, 0.25) is 5.02 Å². The van der Waals surface area contributed by atoms with Crippen LogP contribution in [0.4, 0.5) is 0 Å². The highest BCUT2D eigenvalue weighted by molar-refractivity contribution is 7.09. The van der Waals surface area contributed by atoms with Crippen LogP contribution in [-0.2, 0) is 16.0 Å². The number of rotatable bonds is 7. The van der Waals surface area contributed by atoms with Crippen LogP contribution in [0.1, 0.15) is 30.0 Å². The number of halogens is 1. The molecular weight excluding hydrogens is 398 g/mol. The van der Waals surface area contributed by atoms with Gasteiger partial charge in [-0.05, 0) is 38.0 Å². The predicted molar refractivity (Wildman–Crippen MR) is 110 cm³/mol. The summed E-state index contributed by atoms with van der Waals surface area (Å²) in [5.74, 6) is 0.262. The molecule has 1 aromatic heterocycles. The van der Waals surface area contributed by atoms with Gasteiger partial charge in [0.25, 0.3) is 0 Å². The number of aromatic nitrogens is 1. The van der Waals surface area contributed by atoms with Crippen molar-refractivity contribution in [3.05, 3.63) is 45.4 Å². The van der Waals surface area contributed by atoms with Gasteiger partial charge in [0.15, 0.2) is 0 Å². The van der Waals surface area contributed by atoms with Crippen molar-refractivity contribution in [2.45, 2.75) is 32.6 Å². The normalized spacial score (nSPS) is 19.4. The SMILES string of the molecule is Cc1nc(CC(=O)N2CCC[C@](COc3cccc(Cl)c3)(CC(N)=O)C2)cs1. The Morgan fingerprint density at radius 1 is 1.43 bits per heavy atom. The standard InChI is InChI=1S/C20H24ClN3O3S/c1-14-23-16(11-28-14)9-19(26)24-7-3-6-20(12-24,10-18(22)25)13-27-17-5-2-4-15(21)8-17/h2,4-5,8,11H,3,6-7,9-10,12-13H2,1H3,(H2,22,25)/t20-/m0/s1. The number of hydrogen-bond donors (Lipinski definition) is 1. The number of benzene rings is 1. The Hall–Kier alpha value is -2.12. The van der Waals surface area contributed by atoms with Gasteiger partial charge in [0.2, 0.25) is 11.8 Å². The number of aryl methyl sites for hydroxylation is 1. The molecule has 0 bridgehead atoms. The third kappa shape index (κ3) is 5.45. The Kier molecular flexibility index (Phi) is 6.57. The minimum absolute atomic E-state index is 0.0154. The number of carbonyl (C=O) groups is 2. The van der Waals surface area contributed by atoms with Gasteiger partial charge in [-0.25, -0.2) is 4.98 Å². The molecule has 1 aliphatic rings. The van der Waals surface area contributed by atoms with Crippen molar-refractivity contribution in [1.29, 1.82) is 0 Å². The van der Waals surface area contributed by atoms with Gasteiger partial charge >= 0.3 is 0 Å². The van der Waals surface area contributed by atoms with Gasteiger partial charge in [0, 0.05) is 35.3 Å². The van der Waals surface area contributed by atoms with E-state index in [0.29, 0.717) is 30.5 Å². The Labute approximate surface area is 173 Å². The van der Waals surface area contributed by atoms with E-state index >= 15 is 0 Å². The van der Waals surface area contributed by atoms with Gasteiger partial charge < -0.3 is 15.4 Å². The second-order valence-corrected chi connectivity index (χ2v) is 8.84. The zero-order valence-corrected chi connectivity index (χ0v) is 17.4. The summed E-state index contributed by atoms with van der Waals surface area (Å²) < 4.78 is 5.94. The van der Waals surface area contributed by atoms with Crippen LogP contribution in [0.25, 0.3) is 0 Å². The number of likely N-dealkylation sites (tertiary alicyclic amines) is 1. The van der Waals surface area contributed by atoms with Gasteiger partial charge in [-0.2, -0.15) is 0 Å². The van der Waals surface area contributed by atoms with Gasteiger partial charge in [0.05, 0.1) is 23.7 Å². The van der Waals surface area contributed by atoms with E-state index in [1.807, 2.05) is 29.3 Å². The van der Waals surface area contributed by atoms with Crippen LogP contribution in [0.5, 0.6) is 5.75 Å². The summed E-state index contributed by atoms with van der Waals surface area (Å²) in [5, 5.41) is 3.44. The average Bonchev–Trinajstić information content (AvgIpc) is 3.04. The largest absolute Gasteiger partial charge is 0.493 e. The highest BCUT2D eigenvalue weighted by atomic mass is 35.5. The van der Waals surface area contributed by atoms with Gasteiger partial charge in [-0.15, -0.1) is 11.3 Å². The average molecular weight is 422 g/mol. The van der Waals surface area contributed by atoms with Crippen LogP contribution in [0, 0.1) is 12.3 Å². The lowest BCUT2D eigenvalue weighted by molar-refractivity contribution is -0.136. The van der Waals surface area contributed by atoms with Gasteiger partial charge in [0.1, 0.15) is 5.75 Å². The second kappa shape index (κ2) is 8.92. The molecule has 1 fully saturated rings. The number of ether oxygens (including phenoxy) is 1. The molecule has 1 aliphatic heterocycles. The molecule has 2 heterocycles. The van der Waals surface area contributed by atoms with Crippen LogP contribution in [-0.4, -0.2) is 41.4 Å². The number of carbonyl (C=O) groups excluding carboxylic acids is 2. The molecule has 1 aromatic carbocycles. The van der Waals surface area contributed by atoms with E-state index in [4.69, 9.17) is 22.1 Å². The van der Waals surface area contributed by atoms with Crippen LogP contribution in [0.3, 0.4) is 0 Å². The maximum absolute atomic E-state index is 12.8. The molecule has 0 spiro atoms. The van der Waals surface area contributed by atoms with E-state index in [0.717, 1.165) is 23.5 Å². The molecule has 2 aromatic rings. The fourth-order valence-corrected chi connectivity index (χ4v) is 4.45. The van der Waals surface area contributed by atoms with Crippen LogP contribution < -0.4 is 10.5 Å². The Morgan fingerprint density at radius 3 is 2.93 bits per heavy atom. The lowest BCUT2D eigenvalue weighted by atomic mass is 9.77. The number of nitrogens with zero attached hydrogens (tertiary/aromatic N) is 2. The van der Waals surface area contributed by atoms with E-state index in [2.05, 4.69) is 4.98 Å². The summed E-state index contributed by atoms with van der Waals surface area (Å²) in [5.41, 5.74) is 5.81. The lowest BCUT2D eigenvalue weighted by Gasteiger charge is -2.42. The lowest BCUT2D eigenvalue weighted by Crippen LogP contribution is -2.50. The van der Waals surface area contributed by atoms with Crippen molar-refractivity contribution in [3.63, 3.8) is 0 Å². The maximum atomic E-state index is 12.8. The number of piperidine rings is 1. The fraction of sp³-hybridized carbons (Fsp3) is 0.450. The summed E-state index contributed by atoms with van der Waals surface area (Å²) in [6.07, 6.45) is 2.02. The number of amides is 2. The smallest absolute Gasteiger partial charge is 0.228 e. The molecule has 28 heavy (non-hydrogen) atoms. The predicted octanol–water partition coefficient (Wildman–Crippen LogP) is 3.21. The quantitative estimate of drug-likeness (QED) is 0.743. The molecule has 0 saturated carbocycles. The molecule has 2 amide bonds. The van der Waals surface area contributed by atoms with Crippen LogP contribution in [0.15, 0.2) is 29.6 Å². The monoisotopic (exact) mass is 421 g/mol. The Morgan fingerprint density at radius 2 is 2.25 bits per heavy atom. The number of thiazole rings is 1. The summed E-state index contributed by atoms with van der Waals surface area (Å²) in [7, 11) is 0. The highest BCUT2D eigenvalue weighted by Crippen LogP contribution is 2.35. The van der Waals surface area contributed by atoms with E-state index < -0.39 is 5.41 Å².